The van der Waals surface area contributed by atoms with Gasteiger partial charge < -0.3 is 14.6 Å². The molecule has 1 N–H and O–H groups in total. The molecule has 0 spiro atoms. The fourth-order valence-electron chi connectivity index (χ4n) is 3.25. The van der Waals surface area contributed by atoms with Gasteiger partial charge in [0.05, 0.1) is 11.7 Å². The van der Waals surface area contributed by atoms with Crippen LogP contribution in [0, 0.1) is 5.41 Å². The Kier molecular flexibility index (Phi) is 3.99. The van der Waals surface area contributed by atoms with Gasteiger partial charge in [-0.25, -0.2) is 4.98 Å². The number of amides is 1. The zero-order valence-corrected chi connectivity index (χ0v) is 12.6. The molecule has 1 atom stereocenters. The lowest BCUT2D eigenvalue weighted by Gasteiger charge is -2.40. The number of rotatable bonds is 5. The summed E-state index contributed by atoms with van der Waals surface area (Å²) in [5.74, 6) is 0.284. The topological polar surface area (TPSA) is 61.6 Å². The molecule has 1 amide bonds. The second kappa shape index (κ2) is 5.77. The first-order chi connectivity index (χ1) is 10.1. The molecule has 2 aliphatic rings. The van der Waals surface area contributed by atoms with Gasteiger partial charge in [-0.15, -0.1) is 0 Å². The van der Waals surface area contributed by atoms with Crippen LogP contribution in [-0.4, -0.2) is 69.7 Å². The fraction of sp³-hybridized carbons (Fsp3) is 0.733. The normalized spacial score (nSPS) is 25.0. The molecule has 1 aromatic rings. The van der Waals surface area contributed by atoms with Crippen molar-refractivity contribution in [3.8, 4) is 0 Å². The summed E-state index contributed by atoms with van der Waals surface area (Å²) in [4.78, 5) is 21.2. The molecule has 1 saturated heterocycles. The summed E-state index contributed by atoms with van der Waals surface area (Å²) in [6.07, 6.45) is 8.14. The molecule has 0 aromatic carbocycles. The average molecular weight is 292 g/mol. The van der Waals surface area contributed by atoms with Gasteiger partial charge in [0.2, 0.25) is 5.91 Å². The molecular formula is C15H24N4O2. The summed E-state index contributed by atoms with van der Waals surface area (Å²) in [5.41, 5.74) is -0.208. The number of aliphatic hydroxyl groups is 1. The van der Waals surface area contributed by atoms with Crippen molar-refractivity contribution in [2.45, 2.75) is 31.8 Å². The van der Waals surface area contributed by atoms with E-state index in [1.165, 1.54) is 0 Å². The molecule has 2 fully saturated rings. The van der Waals surface area contributed by atoms with E-state index in [1.807, 2.05) is 15.7 Å². The van der Waals surface area contributed by atoms with Crippen LogP contribution in [0.25, 0.3) is 0 Å². The van der Waals surface area contributed by atoms with Crippen LogP contribution in [-0.2, 0) is 11.3 Å². The van der Waals surface area contributed by atoms with Gasteiger partial charge in [-0.1, -0.05) is 0 Å². The highest BCUT2D eigenvalue weighted by Gasteiger charge is 2.52. The largest absolute Gasteiger partial charge is 0.396 e. The molecule has 6 heteroatoms. The van der Waals surface area contributed by atoms with Crippen molar-refractivity contribution >= 4 is 5.91 Å². The Labute approximate surface area is 125 Å². The SMILES string of the molecule is CN1CCN(C(=O)C2(Cn3ccnc3)CC2)CC1CCO. The zero-order valence-electron chi connectivity index (χ0n) is 12.6. The predicted octanol–water partition coefficient (Wildman–Crippen LogP) is 0.188. The summed E-state index contributed by atoms with van der Waals surface area (Å²) >= 11 is 0. The Morgan fingerprint density at radius 1 is 1.43 bits per heavy atom. The van der Waals surface area contributed by atoms with Crippen molar-refractivity contribution in [1.82, 2.24) is 19.4 Å². The summed E-state index contributed by atoms with van der Waals surface area (Å²) in [7, 11) is 2.07. The van der Waals surface area contributed by atoms with Crippen molar-refractivity contribution in [2.24, 2.45) is 5.41 Å². The van der Waals surface area contributed by atoms with Crippen molar-refractivity contribution in [2.75, 3.05) is 33.3 Å². The van der Waals surface area contributed by atoms with E-state index in [2.05, 4.69) is 16.9 Å². The highest BCUT2D eigenvalue weighted by atomic mass is 16.3. The lowest BCUT2D eigenvalue weighted by molar-refractivity contribution is -0.140. The number of hydrogen-bond acceptors (Lipinski definition) is 4. The maximum Gasteiger partial charge on any atom is 0.230 e. The zero-order chi connectivity index (χ0) is 14.9. The average Bonchev–Trinajstić information content (AvgIpc) is 3.07. The van der Waals surface area contributed by atoms with Crippen molar-refractivity contribution < 1.29 is 9.90 Å². The van der Waals surface area contributed by atoms with Gasteiger partial charge in [-0.2, -0.15) is 0 Å². The molecule has 1 aromatic heterocycles. The molecule has 1 aliphatic carbocycles. The minimum atomic E-state index is -0.208. The minimum absolute atomic E-state index is 0.178. The van der Waals surface area contributed by atoms with Crippen molar-refractivity contribution in [3.05, 3.63) is 18.7 Å². The molecule has 116 valence electrons. The molecule has 1 unspecified atom stereocenters. The van der Waals surface area contributed by atoms with Crippen LogP contribution in [0.2, 0.25) is 0 Å². The Balaban J connectivity index is 1.64. The number of nitrogens with zero attached hydrogens (tertiary/aromatic N) is 4. The van der Waals surface area contributed by atoms with Crippen LogP contribution >= 0.6 is 0 Å². The Hall–Kier alpha value is -1.40. The van der Waals surface area contributed by atoms with Crippen LogP contribution in [0.3, 0.4) is 0 Å². The van der Waals surface area contributed by atoms with Gasteiger partial charge in [0, 0.05) is 51.2 Å². The van der Waals surface area contributed by atoms with E-state index < -0.39 is 0 Å². The molecule has 6 nitrogen and oxygen atoms in total. The summed E-state index contributed by atoms with van der Waals surface area (Å²) in [6.45, 7) is 3.34. The lowest BCUT2D eigenvalue weighted by atomic mass is 10.0. The standard InChI is InChI=1S/C15H24N4O2/c1-17-7-8-19(10-13(17)2-9-20)14(21)15(3-4-15)11-18-6-5-16-12-18/h5-6,12-13,20H,2-4,7-11H2,1H3. The molecule has 21 heavy (non-hydrogen) atoms. The van der Waals surface area contributed by atoms with E-state index in [9.17, 15) is 4.79 Å². The third-order valence-electron chi connectivity index (χ3n) is 4.88. The summed E-state index contributed by atoms with van der Waals surface area (Å²) in [6, 6.07) is 0.275. The summed E-state index contributed by atoms with van der Waals surface area (Å²) in [5, 5.41) is 9.16. The smallest absolute Gasteiger partial charge is 0.230 e. The van der Waals surface area contributed by atoms with Crippen LogP contribution in [0.15, 0.2) is 18.7 Å². The predicted molar refractivity (Wildman–Crippen MR) is 78.6 cm³/mol. The van der Waals surface area contributed by atoms with Crippen LogP contribution < -0.4 is 0 Å². The Bertz CT molecular complexity index is 484. The van der Waals surface area contributed by atoms with E-state index in [0.29, 0.717) is 0 Å². The minimum Gasteiger partial charge on any atom is -0.396 e. The summed E-state index contributed by atoms with van der Waals surface area (Å²) < 4.78 is 2.01. The van der Waals surface area contributed by atoms with Gasteiger partial charge in [-0.05, 0) is 26.3 Å². The first-order valence-corrected chi connectivity index (χ1v) is 7.71. The lowest BCUT2D eigenvalue weighted by Crippen LogP contribution is -2.55. The fourth-order valence-corrected chi connectivity index (χ4v) is 3.25. The number of piperazine rings is 1. The maximum absolute atomic E-state index is 12.9. The van der Waals surface area contributed by atoms with Crippen LogP contribution in [0.1, 0.15) is 19.3 Å². The quantitative estimate of drug-likeness (QED) is 0.841. The van der Waals surface area contributed by atoms with Gasteiger partial charge in [0.15, 0.2) is 0 Å². The van der Waals surface area contributed by atoms with Crippen molar-refractivity contribution in [3.63, 3.8) is 0 Å². The van der Waals surface area contributed by atoms with Gasteiger partial charge in [0.1, 0.15) is 0 Å². The molecule has 2 heterocycles. The molecule has 3 rings (SSSR count). The third-order valence-corrected chi connectivity index (χ3v) is 4.88. The van der Waals surface area contributed by atoms with Gasteiger partial charge in [0.25, 0.3) is 0 Å². The number of likely N-dealkylation sites (N-methyl/N-ethyl adjacent to an activating group) is 1. The van der Waals surface area contributed by atoms with E-state index in [4.69, 9.17) is 5.11 Å². The molecular weight excluding hydrogens is 268 g/mol. The van der Waals surface area contributed by atoms with Gasteiger partial charge in [-0.3, -0.25) is 9.69 Å². The molecule has 1 saturated carbocycles. The van der Waals surface area contributed by atoms with E-state index in [0.717, 1.165) is 45.4 Å². The van der Waals surface area contributed by atoms with Crippen LogP contribution in [0.4, 0.5) is 0 Å². The second-order valence-corrected chi connectivity index (χ2v) is 6.41. The number of hydrogen-bond donors (Lipinski definition) is 1. The highest BCUT2D eigenvalue weighted by Crippen LogP contribution is 2.48. The monoisotopic (exact) mass is 292 g/mol. The Morgan fingerprint density at radius 3 is 2.86 bits per heavy atom. The number of carbonyl (C=O) groups is 1. The Morgan fingerprint density at radius 2 is 2.24 bits per heavy atom. The first-order valence-electron chi connectivity index (χ1n) is 7.71. The van der Waals surface area contributed by atoms with Crippen molar-refractivity contribution in [1.29, 1.82) is 0 Å². The second-order valence-electron chi connectivity index (χ2n) is 6.41. The number of carbonyl (C=O) groups excluding carboxylic acids is 1. The van der Waals surface area contributed by atoms with Crippen LogP contribution in [0.5, 0.6) is 0 Å². The highest BCUT2D eigenvalue weighted by molar-refractivity contribution is 5.85. The number of aromatic nitrogens is 2. The maximum atomic E-state index is 12.9. The molecule has 0 bridgehead atoms. The number of imidazole rings is 1. The molecule has 0 radical (unpaired) electrons. The van der Waals surface area contributed by atoms with E-state index >= 15 is 0 Å². The molecule has 1 aliphatic heterocycles. The first kappa shape index (κ1) is 14.5. The van der Waals surface area contributed by atoms with E-state index in [-0.39, 0.29) is 24.0 Å². The number of aliphatic hydroxyl groups excluding tert-OH is 1. The van der Waals surface area contributed by atoms with E-state index in [1.54, 1.807) is 12.5 Å². The third kappa shape index (κ3) is 2.96. The van der Waals surface area contributed by atoms with Gasteiger partial charge >= 0.3 is 0 Å².